The molecule has 0 amide bonds. The minimum Gasteiger partial charge on any atom is -0.244 e. The third-order valence-corrected chi connectivity index (χ3v) is 2.24. The molecule has 0 N–H and O–H groups in total. The maximum Gasteiger partial charge on any atom is 0.148 e. The first-order chi connectivity index (χ1) is 6.33. The van der Waals surface area contributed by atoms with Crippen LogP contribution in [0, 0.1) is 11.3 Å². The van der Waals surface area contributed by atoms with E-state index < -0.39 is 0 Å². The first-order valence-corrected chi connectivity index (χ1v) is 4.24. The summed E-state index contributed by atoms with van der Waals surface area (Å²) in [6.07, 6.45) is 1.60. The molecular weight excluding hydrogens is 180 g/mol. The van der Waals surface area contributed by atoms with Gasteiger partial charge in [-0.25, -0.2) is 4.98 Å². The number of benzene rings is 1. The SMILES string of the molecule is N#Cc1ncc(S)c2ccccc12. The summed E-state index contributed by atoms with van der Waals surface area (Å²) >= 11 is 4.26. The lowest BCUT2D eigenvalue weighted by molar-refractivity contribution is 1.24. The number of hydrogen-bond donors (Lipinski definition) is 1. The zero-order chi connectivity index (χ0) is 9.26. The van der Waals surface area contributed by atoms with E-state index in [1.807, 2.05) is 24.3 Å². The average Bonchev–Trinajstić information content (AvgIpc) is 2.19. The number of pyridine rings is 1. The Kier molecular flexibility index (Phi) is 1.91. The molecule has 13 heavy (non-hydrogen) atoms. The standard InChI is InChI=1S/C10H6N2S/c11-5-9-7-3-1-2-4-8(7)10(13)6-12-9/h1-4,6,13H. The second-order valence-electron chi connectivity index (χ2n) is 2.65. The van der Waals surface area contributed by atoms with Gasteiger partial charge in [-0.1, -0.05) is 24.3 Å². The third-order valence-electron chi connectivity index (χ3n) is 1.88. The van der Waals surface area contributed by atoms with Gasteiger partial charge in [-0.05, 0) is 5.39 Å². The van der Waals surface area contributed by atoms with Crippen LogP contribution in [-0.4, -0.2) is 4.98 Å². The van der Waals surface area contributed by atoms with Gasteiger partial charge in [0.05, 0.1) is 0 Å². The smallest absolute Gasteiger partial charge is 0.148 e. The monoisotopic (exact) mass is 186 g/mol. The van der Waals surface area contributed by atoms with E-state index in [0.29, 0.717) is 5.69 Å². The quantitative estimate of drug-likeness (QED) is 0.641. The predicted octanol–water partition coefficient (Wildman–Crippen LogP) is 2.40. The largest absolute Gasteiger partial charge is 0.244 e. The molecule has 1 heterocycles. The average molecular weight is 186 g/mol. The Bertz CT molecular complexity index is 500. The molecule has 0 unspecified atom stereocenters. The zero-order valence-corrected chi connectivity index (χ0v) is 7.62. The van der Waals surface area contributed by atoms with Gasteiger partial charge in [0, 0.05) is 16.5 Å². The molecular formula is C10H6N2S. The van der Waals surface area contributed by atoms with Crippen molar-refractivity contribution >= 4 is 23.4 Å². The van der Waals surface area contributed by atoms with Crippen molar-refractivity contribution in [2.45, 2.75) is 4.90 Å². The summed E-state index contributed by atoms with van der Waals surface area (Å²) in [6, 6.07) is 9.67. The van der Waals surface area contributed by atoms with E-state index in [2.05, 4.69) is 23.7 Å². The number of aromatic nitrogens is 1. The zero-order valence-electron chi connectivity index (χ0n) is 6.73. The predicted molar refractivity (Wildman–Crippen MR) is 53.7 cm³/mol. The normalized spacial score (nSPS) is 9.85. The molecule has 0 bridgehead atoms. The van der Waals surface area contributed by atoms with Crippen LogP contribution in [0.3, 0.4) is 0 Å². The number of nitrogens with zero attached hydrogens (tertiary/aromatic N) is 2. The topological polar surface area (TPSA) is 36.7 Å². The number of thiol groups is 1. The molecule has 0 saturated carbocycles. The molecule has 1 aromatic heterocycles. The minimum absolute atomic E-state index is 0.452. The Balaban J connectivity index is 2.95. The lowest BCUT2D eigenvalue weighted by atomic mass is 10.1. The van der Waals surface area contributed by atoms with E-state index in [-0.39, 0.29) is 0 Å². The van der Waals surface area contributed by atoms with Gasteiger partial charge in [-0.2, -0.15) is 5.26 Å². The molecule has 0 radical (unpaired) electrons. The van der Waals surface area contributed by atoms with E-state index in [0.717, 1.165) is 15.7 Å². The molecule has 0 aliphatic heterocycles. The van der Waals surface area contributed by atoms with Gasteiger partial charge in [0.15, 0.2) is 0 Å². The summed E-state index contributed by atoms with van der Waals surface area (Å²) < 4.78 is 0. The molecule has 1 aromatic carbocycles. The van der Waals surface area contributed by atoms with Crippen LogP contribution in [0.4, 0.5) is 0 Å². The minimum atomic E-state index is 0.452. The van der Waals surface area contributed by atoms with Crippen LogP contribution >= 0.6 is 12.6 Å². The molecule has 2 nitrogen and oxygen atoms in total. The highest BCUT2D eigenvalue weighted by Gasteiger charge is 2.02. The van der Waals surface area contributed by atoms with Crippen molar-refractivity contribution in [1.29, 1.82) is 5.26 Å². The van der Waals surface area contributed by atoms with Crippen LogP contribution in [0.5, 0.6) is 0 Å². The van der Waals surface area contributed by atoms with Crippen molar-refractivity contribution in [1.82, 2.24) is 4.98 Å². The number of nitriles is 1. The second kappa shape index (κ2) is 3.08. The van der Waals surface area contributed by atoms with Gasteiger partial charge >= 0.3 is 0 Å². The molecule has 2 aromatic rings. The van der Waals surface area contributed by atoms with Crippen LogP contribution < -0.4 is 0 Å². The maximum atomic E-state index is 8.79. The van der Waals surface area contributed by atoms with E-state index in [9.17, 15) is 0 Å². The highest BCUT2D eigenvalue weighted by molar-refractivity contribution is 7.80. The van der Waals surface area contributed by atoms with Crippen molar-refractivity contribution in [2.24, 2.45) is 0 Å². The van der Waals surface area contributed by atoms with E-state index in [1.54, 1.807) is 6.20 Å². The van der Waals surface area contributed by atoms with E-state index in [1.165, 1.54) is 0 Å². The Morgan fingerprint density at radius 2 is 1.92 bits per heavy atom. The van der Waals surface area contributed by atoms with Crippen molar-refractivity contribution in [2.75, 3.05) is 0 Å². The summed E-state index contributed by atoms with van der Waals surface area (Å²) in [5.74, 6) is 0. The number of hydrogen-bond acceptors (Lipinski definition) is 3. The molecule has 0 aliphatic carbocycles. The van der Waals surface area contributed by atoms with Gasteiger partial charge in [-0.3, -0.25) is 0 Å². The molecule has 0 atom stereocenters. The van der Waals surface area contributed by atoms with Crippen molar-refractivity contribution in [3.63, 3.8) is 0 Å². The third kappa shape index (κ3) is 1.25. The second-order valence-corrected chi connectivity index (χ2v) is 3.13. The first kappa shape index (κ1) is 8.09. The lowest BCUT2D eigenvalue weighted by Gasteiger charge is -2.00. The van der Waals surface area contributed by atoms with Gasteiger partial charge < -0.3 is 0 Å². The Labute approximate surface area is 81.2 Å². The Hall–Kier alpha value is -1.53. The molecule has 0 fully saturated rings. The highest BCUT2D eigenvalue weighted by atomic mass is 32.1. The summed E-state index contributed by atoms with van der Waals surface area (Å²) in [6.45, 7) is 0. The van der Waals surface area contributed by atoms with E-state index in [4.69, 9.17) is 5.26 Å². The van der Waals surface area contributed by atoms with Crippen LogP contribution in [-0.2, 0) is 0 Å². The van der Waals surface area contributed by atoms with Crippen LogP contribution in [0.15, 0.2) is 35.4 Å². The summed E-state index contributed by atoms with van der Waals surface area (Å²) in [5.41, 5.74) is 0.452. The fourth-order valence-corrected chi connectivity index (χ4v) is 1.52. The Morgan fingerprint density at radius 3 is 2.62 bits per heavy atom. The molecule has 62 valence electrons. The molecule has 0 aliphatic rings. The Morgan fingerprint density at radius 1 is 1.23 bits per heavy atom. The van der Waals surface area contributed by atoms with Crippen molar-refractivity contribution < 1.29 is 0 Å². The van der Waals surface area contributed by atoms with Gasteiger partial charge in [0.2, 0.25) is 0 Å². The van der Waals surface area contributed by atoms with Gasteiger partial charge in [0.25, 0.3) is 0 Å². The van der Waals surface area contributed by atoms with Gasteiger partial charge in [-0.15, -0.1) is 12.6 Å². The fourth-order valence-electron chi connectivity index (χ4n) is 1.27. The fraction of sp³-hybridized carbons (Fsp3) is 0. The van der Waals surface area contributed by atoms with Gasteiger partial charge in [0.1, 0.15) is 11.8 Å². The van der Waals surface area contributed by atoms with E-state index >= 15 is 0 Å². The summed E-state index contributed by atoms with van der Waals surface area (Å²) in [4.78, 5) is 4.79. The van der Waals surface area contributed by atoms with Crippen LogP contribution in [0.2, 0.25) is 0 Å². The maximum absolute atomic E-state index is 8.79. The summed E-state index contributed by atoms with van der Waals surface area (Å²) in [5, 5.41) is 10.6. The van der Waals surface area contributed by atoms with Crippen LogP contribution in [0.25, 0.3) is 10.8 Å². The molecule has 0 saturated heterocycles. The first-order valence-electron chi connectivity index (χ1n) is 3.80. The molecule has 3 heteroatoms. The highest BCUT2D eigenvalue weighted by Crippen LogP contribution is 2.22. The van der Waals surface area contributed by atoms with Crippen molar-refractivity contribution in [3.05, 3.63) is 36.2 Å². The molecule has 0 spiro atoms. The number of fused-ring (bicyclic) bond motifs is 1. The molecule has 2 rings (SSSR count). The lowest BCUT2D eigenvalue weighted by Crippen LogP contribution is -1.85. The summed E-state index contributed by atoms with van der Waals surface area (Å²) in [7, 11) is 0. The van der Waals surface area contributed by atoms with Crippen molar-refractivity contribution in [3.8, 4) is 6.07 Å². The van der Waals surface area contributed by atoms with Crippen LogP contribution in [0.1, 0.15) is 5.69 Å². The number of rotatable bonds is 0.